The molecule has 0 aliphatic carbocycles. The molecule has 0 aliphatic rings. The molecule has 0 radical (unpaired) electrons. The molecule has 1 aromatic rings. The van der Waals surface area contributed by atoms with Crippen molar-refractivity contribution >= 4 is 35.0 Å². The van der Waals surface area contributed by atoms with Crippen LogP contribution in [0.1, 0.15) is 5.56 Å². The topological polar surface area (TPSA) is 40.5 Å². The van der Waals surface area contributed by atoms with Crippen LogP contribution in [-0.2, 0) is 5.75 Å². The van der Waals surface area contributed by atoms with Crippen molar-refractivity contribution in [3.63, 3.8) is 0 Å². The predicted octanol–water partition coefficient (Wildman–Crippen LogP) is 2.92. The van der Waals surface area contributed by atoms with E-state index in [1.165, 1.54) is 17.8 Å². The van der Waals surface area contributed by atoms with Crippen LogP contribution in [0.15, 0.2) is 12.1 Å². The molecular weight excluding hydrogens is 243 g/mol. The Kier molecular flexibility index (Phi) is 4.89. The molecule has 0 fully saturated rings. The van der Waals surface area contributed by atoms with E-state index in [0.717, 1.165) is 0 Å². The van der Waals surface area contributed by atoms with E-state index in [1.54, 1.807) is 6.07 Å². The molecule has 0 bridgehead atoms. The number of rotatable bonds is 4. The molecule has 0 spiro atoms. The van der Waals surface area contributed by atoms with Crippen LogP contribution >= 0.6 is 35.0 Å². The lowest BCUT2D eigenvalue weighted by molar-refractivity contribution is 0.322. The van der Waals surface area contributed by atoms with Crippen molar-refractivity contribution in [3.05, 3.63) is 27.7 Å². The van der Waals surface area contributed by atoms with Crippen LogP contribution in [-0.4, -0.2) is 22.6 Å². The summed E-state index contributed by atoms with van der Waals surface area (Å²) >= 11 is 13.0. The van der Waals surface area contributed by atoms with Crippen LogP contribution in [0.25, 0.3) is 0 Å². The SMILES string of the molecule is OCCSCc1cc(Cl)cc(Cl)c1O. The summed E-state index contributed by atoms with van der Waals surface area (Å²) in [5.41, 5.74) is 0.695. The summed E-state index contributed by atoms with van der Waals surface area (Å²) in [6, 6.07) is 3.17. The third-order valence-electron chi connectivity index (χ3n) is 1.60. The second kappa shape index (κ2) is 5.71. The lowest BCUT2D eigenvalue weighted by Gasteiger charge is -2.06. The van der Waals surface area contributed by atoms with E-state index < -0.39 is 0 Å². The zero-order valence-electron chi connectivity index (χ0n) is 7.33. The number of aliphatic hydroxyl groups is 1. The summed E-state index contributed by atoms with van der Waals surface area (Å²) in [4.78, 5) is 0. The van der Waals surface area contributed by atoms with Crippen LogP contribution < -0.4 is 0 Å². The van der Waals surface area contributed by atoms with Gasteiger partial charge in [-0.3, -0.25) is 0 Å². The van der Waals surface area contributed by atoms with E-state index in [0.29, 0.717) is 22.1 Å². The van der Waals surface area contributed by atoms with Crippen molar-refractivity contribution < 1.29 is 10.2 Å². The van der Waals surface area contributed by atoms with Crippen molar-refractivity contribution in [1.82, 2.24) is 0 Å². The maximum absolute atomic E-state index is 9.55. The molecule has 0 amide bonds. The summed E-state index contributed by atoms with van der Waals surface area (Å²) in [5.74, 6) is 1.29. The van der Waals surface area contributed by atoms with Gasteiger partial charge in [-0.15, -0.1) is 0 Å². The number of aliphatic hydroxyl groups excluding tert-OH is 1. The van der Waals surface area contributed by atoms with Crippen molar-refractivity contribution in [2.24, 2.45) is 0 Å². The summed E-state index contributed by atoms with van der Waals surface area (Å²) in [7, 11) is 0. The maximum atomic E-state index is 9.55. The highest BCUT2D eigenvalue weighted by Crippen LogP contribution is 2.33. The van der Waals surface area contributed by atoms with Crippen LogP contribution in [0.2, 0.25) is 10.0 Å². The highest BCUT2D eigenvalue weighted by molar-refractivity contribution is 7.98. The third kappa shape index (κ3) is 3.24. The second-order valence-electron chi connectivity index (χ2n) is 2.67. The molecule has 0 saturated carbocycles. The Morgan fingerprint density at radius 2 is 2.00 bits per heavy atom. The van der Waals surface area contributed by atoms with Gasteiger partial charge < -0.3 is 10.2 Å². The fourth-order valence-corrected chi connectivity index (χ4v) is 2.22. The smallest absolute Gasteiger partial charge is 0.138 e. The zero-order chi connectivity index (χ0) is 10.6. The molecule has 2 nitrogen and oxygen atoms in total. The van der Waals surface area contributed by atoms with Gasteiger partial charge >= 0.3 is 0 Å². The van der Waals surface area contributed by atoms with Gasteiger partial charge in [-0.05, 0) is 12.1 Å². The lowest BCUT2D eigenvalue weighted by atomic mass is 10.2. The summed E-state index contributed by atoms with van der Waals surface area (Å²) in [6.45, 7) is 0.125. The summed E-state index contributed by atoms with van der Waals surface area (Å²) < 4.78 is 0. The average Bonchev–Trinajstić information content (AvgIpc) is 2.13. The van der Waals surface area contributed by atoms with Crippen molar-refractivity contribution in [2.45, 2.75) is 5.75 Å². The lowest BCUT2D eigenvalue weighted by Crippen LogP contribution is -1.89. The highest BCUT2D eigenvalue weighted by Gasteiger charge is 2.07. The maximum Gasteiger partial charge on any atom is 0.138 e. The molecule has 2 N–H and O–H groups in total. The number of phenolic OH excluding ortho intramolecular Hbond substituents is 1. The van der Waals surface area contributed by atoms with E-state index in [2.05, 4.69) is 0 Å². The number of aromatic hydroxyl groups is 1. The van der Waals surface area contributed by atoms with Crippen LogP contribution in [0.5, 0.6) is 5.75 Å². The number of thioether (sulfide) groups is 1. The number of benzene rings is 1. The fourth-order valence-electron chi connectivity index (χ4n) is 0.976. The minimum Gasteiger partial charge on any atom is -0.506 e. The van der Waals surface area contributed by atoms with Crippen LogP contribution in [0, 0.1) is 0 Å². The first-order chi connectivity index (χ1) is 6.65. The minimum absolute atomic E-state index is 0.0708. The zero-order valence-corrected chi connectivity index (χ0v) is 9.66. The van der Waals surface area contributed by atoms with E-state index in [9.17, 15) is 5.11 Å². The molecule has 0 heterocycles. The van der Waals surface area contributed by atoms with E-state index in [-0.39, 0.29) is 17.4 Å². The largest absolute Gasteiger partial charge is 0.506 e. The third-order valence-corrected chi connectivity index (χ3v) is 3.09. The van der Waals surface area contributed by atoms with Gasteiger partial charge in [0.25, 0.3) is 0 Å². The predicted molar refractivity (Wildman–Crippen MR) is 61.4 cm³/mol. The van der Waals surface area contributed by atoms with Gasteiger partial charge in [0.2, 0.25) is 0 Å². The monoisotopic (exact) mass is 252 g/mol. The first kappa shape index (κ1) is 12.0. The normalized spacial score (nSPS) is 10.5. The molecule has 0 aromatic heterocycles. The number of hydrogen-bond acceptors (Lipinski definition) is 3. The second-order valence-corrected chi connectivity index (χ2v) is 4.62. The van der Waals surface area contributed by atoms with Crippen molar-refractivity contribution in [1.29, 1.82) is 0 Å². The average molecular weight is 253 g/mol. The number of hydrogen-bond donors (Lipinski definition) is 2. The molecular formula is C9H10Cl2O2S. The number of phenols is 1. The minimum atomic E-state index is 0.0708. The first-order valence-electron chi connectivity index (χ1n) is 4.00. The van der Waals surface area contributed by atoms with Crippen LogP contribution in [0.4, 0.5) is 0 Å². The molecule has 14 heavy (non-hydrogen) atoms. The van der Waals surface area contributed by atoms with Crippen molar-refractivity contribution in [3.8, 4) is 5.75 Å². The molecule has 5 heteroatoms. The van der Waals surface area contributed by atoms with Gasteiger partial charge in [0.15, 0.2) is 0 Å². The van der Waals surface area contributed by atoms with Gasteiger partial charge in [0.05, 0.1) is 11.6 Å². The fraction of sp³-hybridized carbons (Fsp3) is 0.333. The Morgan fingerprint density at radius 1 is 1.29 bits per heavy atom. The molecule has 1 aromatic carbocycles. The quantitative estimate of drug-likeness (QED) is 0.810. The first-order valence-corrected chi connectivity index (χ1v) is 5.91. The molecule has 0 aliphatic heterocycles. The summed E-state index contributed by atoms with van der Waals surface area (Å²) in [6.07, 6.45) is 0. The van der Waals surface area contributed by atoms with E-state index >= 15 is 0 Å². The molecule has 0 saturated heterocycles. The standard InChI is InChI=1S/C9H10Cl2O2S/c10-7-3-6(5-14-2-1-12)9(13)8(11)4-7/h3-4,12-13H,1-2,5H2. The van der Waals surface area contributed by atoms with E-state index in [1.807, 2.05) is 0 Å². The van der Waals surface area contributed by atoms with Gasteiger partial charge in [0, 0.05) is 22.1 Å². The van der Waals surface area contributed by atoms with Gasteiger partial charge in [-0.2, -0.15) is 11.8 Å². The Labute approximate surface area is 96.8 Å². The molecule has 0 unspecified atom stereocenters. The van der Waals surface area contributed by atoms with Gasteiger partial charge in [-0.1, -0.05) is 23.2 Å². The number of halogens is 2. The Morgan fingerprint density at radius 3 is 2.64 bits per heavy atom. The van der Waals surface area contributed by atoms with Crippen molar-refractivity contribution in [2.75, 3.05) is 12.4 Å². The van der Waals surface area contributed by atoms with Gasteiger partial charge in [0.1, 0.15) is 5.75 Å². The molecule has 0 atom stereocenters. The van der Waals surface area contributed by atoms with Gasteiger partial charge in [-0.25, -0.2) is 0 Å². The highest BCUT2D eigenvalue weighted by atomic mass is 35.5. The molecule has 78 valence electrons. The summed E-state index contributed by atoms with van der Waals surface area (Å²) in [5, 5.41) is 18.9. The Balaban J connectivity index is 2.75. The van der Waals surface area contributed by atoms with E-state index in [4.69, 9.17) is 28.3 Å². The van der Waals surface area contributed by atoms with Crippen LogP contribution in [0.3, 0.4) is 0 Å². The Hall–Kier alpha value is -0.0900. The Bertz CT molecular complexity index is 318. The molecule has 1 rings (SSSR count).